The minimum atomic E-state index is -0.224. The van der Waals surface area contributed by atoms with Crippen molar-refractivity contribution in [3.8, 4) is 11.5 Å². The molecule has 1 heterocycles. The summed E-state index contributed by atoms with van der Waals surface area (Å²) in [6, 6.07) is 9.42. The molecular weight excluding hydrogens is 368 g/mol. The number of nitrogens with zero attached hydrogens (tertiary/aromatic N) is 2. The number of nitrogens with one attached hydrogen (secondary N) is 2. The molecule has 1 aromatic carbocycles. The first-order valence-corrected chi connectivity index (χ1v) is 10.3. The van der Waals surface area contributed by atoms with E-state index in [9.17, 15) is 4.79 Å². The van der Waals surface area contributed by atoms with Crippen LogP contribution in [0.15, 0.2) is 30.3 Å². The van der Waals surface area contributed by atoms with Gasteiger partial charge in [0.2, 0.25) is 5.95 Å². The lowest BCUT2D eigenvalue weighted by Crippen LogP contribution is -2.29. The van der Waals surface area contributed by atoms with E-state index < -0.39 is 0 Å². The zero-order valence-corrected chi connectivity index (χ0v) is 17.2. The lowest BCUT2D eigenvalue weighted by Gasteiger charge is -2.17. The third-order valence-electron chi connectivity index (χ3n) is 4.99. The van der Waals surface area contributed by atoms with E-state index in [0.29, 0.717) is 30.8 Å². The summed E-state index contributed by atoms with van der Waals surface area (Å²) in [5.41, 5.74) is 1.15. The molecule has 29 heavy (non-hydrogen) atoms. The normalized spacial score (nSPS) is 14.7. The van der Waals surface area contributed by atoms with Crippen LogP contribution in [-0.2, 0) is 0 Å². The number of carbonyl (C=O) groups excluding carboxylic acids is 1. The summed E-state index contributed by atoms with van der Waals surface area (Å²) < 4.78 is 10.8. The highest BCUT2D eigenvalue weighted by Crippen LogP contribution is 2.20. The van der Waals surface area contributed by atoms with Crippen LogP contribution in [0.25, 0.3) is 0 Å². The van der Waals surface area contributed by atoms with Crippen molar-refractivity contribution in [2.24, 2.45) is 0 Å². The molecule has 1 amide bonds. The number of anilines is 1. The molecule has 7 heteroatoms. The number of rotatable bonds is 8. The van der Waals surface area contributed by atoms with Crippen molar-refractivity contribution < 1.29 is 14.3 Å². The molecule has 0 spiro atoms. The number of methoxy groups -OCH3 is 1. The molecule has 7 nitrogen and oxygen atoms in total. The molecule has 1 fully saturated rings. The molecule has 0 saturated heterocycles. The second kappa shape index (κ2) is 10.6. The third kappa shape index (κ3) is 6.62. The summed E-state index contributed by atoms with van der Waals surface area (Å²) in [6.07, 6.45) is 7.29. The Morgan fingerprint density at radius 3 is 2.45 bits per heavy atom. The van der Waals surface area contributed by atoms with E-state index in [1.807, 2.05) is 31.2 Å². The summed E-state index contributed by atoms with van der Waals surface area (Å²) in [5.74, 6) is 1.82. The number of amides is 1. The zero-order valence-electron chi connectivity index (χ0n) is 17.2. The van der Waals surface area contributed by atoms with Gasteiger partial charge in [-0.05, 0) is 50.1 Å². The lowest BCUT2D eigenvalue weighted by atomic mass is 10.1. The minimum absolute atomic E-state index is 0.224. The molecule has 0 bridgehead atoms. The number of carbonyl (C=O) groups is 1. The van der Waals surface area contributed by atoms with Gasteiger partial charge in [-0.25, -0.2) is 9.97 Å². The van der Waals surface area contributed by atoms with Crippen LogP contribution in [0.5, 0.6) is 11.5 Å². The van der Waals surface area contributed by atoms with Gasteiger partial charge in [-0.15, -0.1) is 0 Å². The van der Waals surface area contributed by atoms with Gasteiger partial charge in [-0.1, -0.05) is 25.7 Å². The number of aromatic nitrogens is 2. The predicted octanol–water partition coefficient (Wildman–Crippen LogP) is 3.74. The van der Waals surface area contributed by atoms with Gasteiger partial charge in [-0.3, -0.25) is 4.79 Å². The van der Waals surface area contributed by atoms with Crippen molar-refractivity contribution in [1.82, 2.24) is 15.3 Å². The van der Waals surface area contributed by atoms with Crippen LogP contribution in [0, 0.1) is 6.92 Å². The Labute approximate surface area is 172 Å². The zero-order chi connectivity index (χ0) is 20.5. The first kappa shape index (κ1) is 20.9. The van der Waals surface area contributed by atoms with Gasteiger partial charge in [-0.2, -0.15) is 0 Å². The van der Waals surface area contributed by atoms with E-state index >= 15 is 0 Å². The number of hydrogen-bond acceptors (Lipinski definition) is 6. The quantitative estimate of drug-likeness (QED) is 0.520. The molecule has 0 unspecified atom stereocenters. The Kier molecular flexibility index (Phi) is 7.67. The fourth-order valence-corrected chi connectivity index (χ4v) is 3.45. The third-order valence-corrected chi connectivity index (χ3v) is 4.99. The molecule has 1 saturated carbocycles. The van der Waals surface area contributed by atoms with E-state index in [1.54, 1.807) is 13.2 Å². The van der Waals surface area contributed by atoms with Crippen LogP contribution < -0.4 is 20.1 Å². The average Bonchev–Trinajstić information content (AvgIpc) is 2.99. The summed E-state index contributed by atoms with van der Waals surface area (Å²) in [7, 11) is 1.62. The number of aryl methyl sites for hydroxylation is 1. The maximum atomic E-state index is 12.5. The Bertz CT molecular complexity index is 787. The number of ether oxygens (including phenoxy) is 2. The summed E-state index contributed by atoms with van der Waals surface area (Å²) in [4.78, 5) is 21.4. The van der Waals surface area contributed by atoms with Crippen molar-refractivity contribution in [1.29, 1.82) is 0 Å². The fraction of sp³-hybridized carbons (Fsp3) is 0.500. The maximum absolute atomic E-state index is 12.5. The van der Waals surface area contributed by atoms with Crippen molar-refractivity contribution in [2.45, 2.75) is 51.5 Å². The minimum Gasteiger partial charge on any atom is -0.497 e. The van der Waals surface area contributed by atoms with E-state index in [-0.39, 0.29) is 5.91 Å². The summed E-state index contributed by atoms with van der Waals surface area (Å²) >= 11 is 0. The van der Waals surface area contributed by atoms with Crippen LogP contribution in [0.3, 0.4) is 0 Å². The Balaban J connectivity index is 1.49. The second-order valence-corrected chi connectivity index (χ2v) is 7.33. The van der Waals surface area contributed by atoms with E-state index in [1.165, 1.54) is 25.7 Å². The van der Waals surface area contributed by atoms with Crippen molar-refractivity contribution in [2.75, 3.05) is 25.6 Å². The van der Waals surface area contributed by atoms with Crippen LogP contribution in [0.2, 0.25) is 0 Å². The molecule has 156 valence electrons. The lowest BCUT2D eigenvalue weighted by molar-refractivity contribution is 0.0942. The van der Waals surface area contributed by atoms with E-state index in [2.05, 4.69) is 20.6 Å². The largest absolute Gasteiger partial charge is 0.497 e. The predicted molar refractivity (Wildman–Crippen MR) is 113 cm³/mol. The topological polar surface area (TPSA) is 85.4 Å². The van der Waals surface area contributed by atoms with Crippen molar-refractivity contribution >= 4 is 11.9 Å². The monoisotopic (exact) mass is 398 g/mol. The summed E-state index contributed by atoms with van der Waals surface area (Å²) in [6.45, 7) is 2.64. The second-order valence-electron chi connectivity index (χ2n) is 7.33. The number of hydrogen-bond donors (Lipinski definition) is 2. The van der Waals surface area contributed by atoms with Gasteiger partial charge >= 0.3 is 0 Å². The van der Waals surface area contributed by atoms with Crippen LogP contribution in [0.4, 0.5) is 5.95 Å². The molecule has 3 rings (SSSR count). The number of benzene rings is 1. The van der Waals surface area contributed by atoms with Crippen LogP contribution >= 0.6 is 0 Å². The average molecular weight is 399 g/mol. The highest BCUT2D eigenvalue weighted by Gasteiger charge is 2.15. The SMILES string of the molecule is COc1ccc(OCCNC(=O)c2cc(C)nc(NC3CCCCCC3)n2)cc1. The van der Waals surface area contributed by atoms with Crippen molar-refractivity contribution in [3.63, 3.8) is 0 Å². The Morgan fingerprint density at radius 1 is 1.07 bits per heavy atom. The van der Waals surface area contributed by atoms with E-state index in [4.69, 9.17) is 9.47 Å². The molecule has 1 aliphatic carbocycles. The molecule has 1 aromatic heterocycles. The molecule has 0 radical (unpaired) electrons. The molecule has 0 aliphatic heterocycles. The maximum Gasteiger partial charge on any atom is 0.270 e. The van der Waals surface area contributed by atoms with Crippen LogP contribution in [-0.4, -0.2) is 42.2 Å². The highest BCUT2D eigenvalue weighted by atomic mass is 16.5. The molecule has 0 atom stereocenters. The van der Waals surface area contributed by atoms with Gasteiger partial charge < -0.3 is 20.1 Å². The van der Waals surface area contributed by atoms with Crippen LogP contribution in [0.1, 0.15) is 54.7 Å². The van der Waals surface area contributed by atoms with Gasteiger partial charge in [0.15, 0.2) is 0 Å². The Morgan fingerprint density at radius 2 is 1.76 bits per heavy atom. The van der Waals surface area contributed by atoms with Crippen molar-refractivity contribution in [3.05, 3.63) is 41.7 Å². The van der Waals surface area contributed by atoms with Gasteiger partial charge in [0.1, 0.15) is 23.8 Å². The molecule has 2 N–H and O–H groups in total. The standard InChI is InChI=1S/C22H30N4O3/c1-16-15-20(26-22(24-16)25-17-7-5-3-4-6-8-17)21(27)23-13-14-29-19-11-9-18(28-2)10-12-19/h9-12,15,17H,3-8,13-14H2,1-2H3,(H,23,27)(H,24,25,26). The molecule has 2 aromatic rings. The van der Waals surface area contributed by atoms with Gasteiger partial charge in [0.05, 0.1) is 13.7 Å². The first-order valence-electron chi connectivity index (χ1n) is 10.3. The molecular formula is C22H30N4O3. The first-order chi connectivity index (χ1) is 14.1. The summed E-state index contributed by atoms with van der Waals surface area (Å²) in [5, 5.41) is 6.27. The highest BCUT2D eigenvalue weighted by molar-refractivity contribution is 5.92. The fourth-order valence-electron chi connectivity index (χ4n) is 3.45. The smallest absolute Gasteiger partial charge is 0.270 e. The molecule has 1 aliphatic rings. The Hall–Kier alpha value is -2.83. The van der Waals surface area contributed by atoms with Gasteiger partial charge in [0.25, 0.3) is 5.91 Å². The van der Waals surface area contributed by atoms with E-state index in [0.717, 1.165) is 30.0 Å². The van der Waals surface area contributed by atoms with Gasteiger partial charge in [0, 0.05) is 11.7 Å².